The van der Waals surface area contributed by atoms with E-state index in [1.54, 1.807) is 6.33 Å². The van der Waals surface area contributed by atoms with E-state index in [2.05, 4.69) is 61.1 Å². The van der Waals surface area contributed by atoms with E-state index < -0.39 is 0 Å². The topological polar surface area (TPSA) is 35.5 Å². The molecule has 5 heteroatoms. The number of hydrogen-bond acceptors (Lipinski definition) is 5. The molecule has 0 spiro atoms. The molecule has 1 saturated heterocycles. The Hall–Kier alpha value is -2.14. The first-order chi connectivity index (χ1) is 12.7. The summed E-state index contributed by atoms with van der Waals surface area (Å²) < 4.78 is 0. The van der Waals surface area contributed by atoms with Crippen molar-refractivity contribution in [3.05, 3.63) is 48.3 Å². The molecule has 4 rings (SSSR count). The van der Waals surface area contributed by atoms with Crippen LogP contribution in [0.1, 0.15) is 31.2 Å². The fourth-order valence-corrected chi connectivity index (χ4v) is 3.95. The lowest BCUT2D eigenvalue weighted by Crippen LogP contribution is -2.46. The molecule has 2 fully saturated rings. The Bertz CT molecular complexity index is 705. The second-order valence-corrected chi connectivity index (χ2v) is 7.76. The number of hydrogen-bond donors (Lipinski definition) is 0. The summed E-state index contributed by atoms with van der Waals surface area (Å²) in [4.78, 5) is 16.2. The highest BCUT2D eigenvalue weighted by Crippen LogP contribution is 2.36. The first-order valence-corrected chi connectivity index (χ1v) is 9.74. The van der Waals surface area contributed by atoms with E-state index in [1.165, 1.54) is 31.2 Å². The average molecular weight is 351 g/mol. The molecule has 1 aliphatic carbocycles. The van der Waals surface area contributed by atoms with E-state index in [1.807, 2.05) is 14.1 Å². The van der Waals surface area contributed by atoms with E-state index in [0.29, 0.717) is 12.1 Å². The summed E-state index contributed by atoms with van der Waals surface area (Å²) in [7, 11) is 4.07. The highest BCUT2D eigenvalue weighted by Gasteiger charge is 2.36. The van der Waals surface area contributed by atoms with Crippen LogP contribution in [0.15, 0.2) is 42.7 Å². The van der Waals surface area contributed by atoms with Gasteiger partial charge in [-0.15, -0.1) is 0 Å². The molecule has 1 aromatic heterocycles. The summed E-state index contributed by atoms with van der Waals surface area (Å²) in [5.74, 6) is 2.09. The Labute approximate surface area is 156 Å². The standard InChI is InChI=1S/C21H29N5/c1-24(2)20-14-21(23-16-22-20)26(18-8-9-18)19-10-12-25(13-11-19)15-17-6-4-3-5-7-17/h3-7,14,16,18-19H,8-13,15H2,1-2H3. The molecular weight excluding hydrogens is 322 g/mol. The van der Waals surface area contributed by atoms with Crippen molar-refractivity contribution in [2.24, 2.45) is 0 Å². The first kappa shape index (κ1) is 17.3. The van der Waals surface area contributed by atoms with Crippen molar-refractivity contribution in [1.82, 2.24) is 14.9 Å². The predicted octanol–water partition coefficient (Wildman–Crippen LogP) is 3.18. The largest absolute Gasteiger partial charge is 0.363 e. The number of anilines is 2. The molecule has 1 saturated carbocycles. The van der Waals surface area contributed by atoms with E-state index >= 15 is 0 Å². The molecule has 2 aliphatic rings. The zero-order valence-electron chi connectivity index (χ0n) is 15.9. The molecule has 1 aromatic carbocycles. The van der Waals surface area contributed by atoms with Crippen LogP contribution in [0.3, 0.4) is 0 Å². The van der Waals surface area contributed by atoms with Crippen LogP contribution < -0.4 is 9.80 Å². The van der Waals surface area contributed by atoms with Crippen LogP contribution in [-0.2, 0) is 6.54 Å². The lowest BCUT2D eigenvalue weighted by Gasteiger charge is -2.39. The van der Waals surface area contributed by atoms with Crippen LogP contribution in [0.5, 0.6) is 0 Å². The fourth-order valence-electron chi connectivity index (χ4n) is 3.95. The molecule has 2 heterocycles. The van der Waals surface area contributed by atoms with Gasteiger partial charge in [-0.05, 0) is 31.2 Å². The van der Waals surface area contributed by atoms with Crippen molar-refractivity contribution in [2.45, 2.75) is 44.3 Å². The molecule has 26 heavy (non-hydrogen) atoms. The van der Waals surface area contributed by atoms with Crippen LogP contribution in [0.25, 0.3) is 0 Å². The molecule has 0 amide bonds. The molecule has 0 atom stereocenters. The Morgan fingerprint density at radius 2 is 1.58 bits per heavy atom. The van der Waals surface area contributed by atoms with E-state index in [0.717, 1.165) is 31.3 Å². The summed E-state index contributed by atoms with van der Waals surface area (Å²) >= 11 is 0. The van der Waals surface area contributed by atoms with Gasteiger partial charge in [-0.2, -0.15) is 0 Å². The van der Waals surface area contributed by atoms with Crippen LogP contribution in [0.2, 0.25) is 0 Å². The lowest BCUT2D eigenvalue weighted by atomic mass is 10.0. The second kappa shape index (κ2) is 7.62. The predicted molar refractivity (Wildman–Crippen MR) is 107 cm³/mol. The molecular formula is C21H29N5. The van der Waals surface area contributed by atoms with Crippen molar-refractivity contribution in [3.63, 3.8) is 0 Å². The third-order valence-electron chi connectivity index (χ3n) is 5.50. The Balaban J connectivity index is 1.42. The minimum Gasteiger partial charge on any atom is -0.363 e. The van der Waals surface area contributed by atoms with Crippen molar-refractivity contribution in [2.75, 3.05) is 37.0 Å². The third kappa shape index (κ3) is 3.98. The van der Waals surface area contributed by atoms with Gasteiger partial charge in [-0.1, -0.05) is 30.3 Å². The highest BCUT2D eigenvalue weighted by molar-refractivity contribution is 5.51. The van der Waals surface area contributed by atoms with Crippen LogP contribution >= 0.6 is 0 Å². The summed E-state index contributed by atoms with van der Waals surface area (Å²) in [6.45, 7) is 3.39. The zero-order valence-corrected chi connectivity index (χ0v) is 15.9. The fraction of sp³-hybridized carbons (Fsp3) is 0.524. The Kier molecular flexibility index (Phi) is 5.07. The summed E-state index contributed by atoms with van der Waals surface area (Å²) in [5.41, 5.74) is 1.41. The second-order valence-electron chi connectivity index (χ2n) is 7.76. The van der Waals surface area contributed by atoms with E-state index in [4.69, 9.17) is 0 Å². The number of aromatic nitrogens is 2. The van der Waals surface area contributed by atoms with Gasteiger partial charge in [-0.3, -0.25) is 4.90 Å². The van der Waals surface area contributed by atoms with Gasteiger partial charge in [0.2, 0.25) is 0 Å². The smallest absolute Gasteiger partial charge is 0.134 e. The Morgan fingerprint density at radius 3 is 2.23 bits per heavy atom. The van der Waals surface area contributed by atoms with Gasteiger partial charge in [0, 0.05) is 51.9 Å². The minimum atomic E-state index is 0.597. The van der Waals surface area contributed by atoms with Crippen molar-refractivity contribution < 1.29 is 0 Å². The van der Waals surface area contributed by atoms with Gasteiger partial charge >= 0.3 is 0 Å². The van der Waals surface area contributed by atoms with Crippen molar-refractivity contribution in [3.8, 4) is 0 Å². The zero-order chi connectivity index (χ0) is 17.9. The summed E-state index contributed by atoms with van der Waals surface area (Å²) in [6.07, 6.45) is 6.73. The average Bonchev–Trinajstić information content (AvgIpc) is 3.49. The summed E-state index contributed by atoms with van der Waals surface area (Å²) in [5, 5.41) is 0. The normalized spacial score (nSPS) is 18.7. The summed E-state index contributed by atoms with van der Waals surface area (Å²) in [6, 6.07) is 14.2. The molecule has 0 bridgehead atoms. The number of piperidine rings is 1. The molecule has 2 aromatic rings. The number of rotatable bonds is 6. The van der Waals surface area contributed by atoms with Crippen molar-refractivity contribution in [1.29, 1.82) is 0 Å². The van der Waals surface area contributed by atoms with Gasteiger partial charge in [0.05, 0.1) is 0 Å². The molecule has 5 nitrogen and oxygen atoms in total. The lowest BCUT2D eigenvalue weighted by molar-refractivity contribution is 0.200. The monoisotopic (exact) mass is 351 g/mol. The van der Waals surface area contributed by atoms with Crippen LogP contribution in [-0.4, -0.2) is 54.1 Å². The highest BCUT2D eigenvalue weighted by atomic mass is 15.3. The Morgan fingerprint density at radius 1 is 0.923 bits per heavy atom. The number of likely N-dealkylation sites (tertiary alicyclic amines) is 1. The minimum absolute atomic E-state index is 0.597. The number of nitrogens with zero attached hydrogens (tertiary/aromatic N) is 5. The molecule has 0 N–H and O–H groups in total. The van der Waals surface area contributed by atoms with Gasteiger partial charge in [0.25, 0.3) is 0 Å². The van der Waals surface area contributed by atoms with Gasteiger partial charge < -0.3 is 9.80 Å². The molecule has 0 radical (unpaired) electrons. The maximum Gasteiger partial charge on any atom is 0.134 e. The van der Waals surface area contributed by atoms with E-state index in [9.17, 15) is 0 Å². The van der Waals surface area contributed by atoms with Crippen LogP contribution in [0, 0.1) is 0 Å². The molecule has 138 valence electrons. The maximum absolute atomic E-state index is 4.62. The van der Waals surface area contributed by atoms with E-state index in [-0.39, 0.29) is 0 Å². The van der Waals surface area contributed by atoms with Crippen molar-refractivity contribution >= 4 is 11.6 Å². The van der Waals surface area contributed by atoms with Gasteiger partial charge in [0.15, 0.2) is 0 Å². The number of benzene rings is 1. The van der Waals surface area contributed by atoms with Gasteiger partial charge in [-0.25, -0.2) is 9.97 Å². The molecule has 1 aliphatic heterocycles. The molecule has 0 unspecified atom stereocenters. The first-order valence-electron chi connectivity index (χ1n) is 9.74. The van der Waals surface area contributed by atoms with Crippen LogP contribution in [0.4, 0.5) is 11.6 Å². The quantitative estimate of drug-likeness (QED) is 0.799. The third-order valence-corrected chi connectivity index (χ3v) is 5.50. The maximum atomic E-state index is 4.62. The SMILES string of the molecule is CN(C)c1cc(N(C2CC2)C2CCN(Cc3ccccc3)CC2)ncn1. The van der Waals surface area contributed by atoms with Gasteiger partial charge in [0.1, 0.15) is 18.0 Å².